The standard InChI is InChI=1S/C9H8BrIO/c10-6-3-7(11)5-9(4-6)12-8-1-2-8/h3-5,8H,1-2H2. The largest absolute Gasteiger partial charge is 0.490 e. The van der Waals surface area contributed by atoms with Gasteiger partial charge in [-0.2, -0.15) is 0 Å². The molecule has 0 unspecified atom stereocenters. The maximum atomic E-state index is 5.65. The van der Waals surface area contributed by atoms with Crippen LogP contribution in [0.1, 0.15) is 12.8 Å². The van der Waals surface area contributed by atoms with E-state index in [4.69, 9.17) is 4.74 Å². The van der Waals surface area contributed by atoms with Crippen LogP contribution in [0.25, 0.3) is 0 Å². The average Bonchev–Trinajstić information content (AvgIpc) is 2.68. The number of hydrogen-bond acceptors (Lipinski definition) is 1. The monoisotopic (exact) mass is 338 g/mol. The molecule has 1 fully saturated rings. The topological polar surface area (TPSA) is 9.23 Å². The SMILES string of the molecule is Brc1cc(I)cc(OC2CC2)c1. The van der Waals surface area contributed by atoms with Gasteiger partial charge in [0, 0.05) is 8.04 Å². The van der Waals surface area contributed by atoms with Crippen LogP contribution in [0, 0.1) is 3.57 Å². The summed E-state index contributed by atoms with van der Waals surface area (Å²) in [5, 5.41) is 0. The van der Waals surface area contributed by atoms with Crippen LogP contribution >= 0.6 is 38.5 Å². The van der Waals surface area contributed by atoms with Gasteiger partial charge in [-0.1, -0.05) is 15.9 Å². The van der Waals surface area contributed by atoms with Gasteiger partial charge in [0.2, 0.25) is 0 Å². The molecule has 0 aliphatic heterocycles. The summed E-state index contributed by atoms with van der Waals surface area (Å²) in [7, 11) is 0. The molecule has 0 amide bonds. The van der Waals surface area contributed by atoms with Crippen molar-refractivity contribution < 1.29 is 4.74 Å². The van der Waals surface area contributed by atoms with Crippen molar-refractivity contribution in [2.24, 2.45) is 0 Å². The van der Waals surface area contributed by atoms with Gasteiger partial charge >= 0.3 is 0 Å². The van der Waals surface area contributed by atoms with Gasteiger partial charge < -0.3 is 4.74 Å². The molecule has 3 heteroatoms. The van der Waals surface area contributed by atoms with Gasteiger partial charge in [0.15, 0.2) is 0 Å². The van der Waals surface area contributed by atoms with E-state index in [9.17, 15) is 0 Å². The van der Waals surface area contributed by atoms with Gasteiger partial charge in [-0.15, -0.1) is 0 Å². The van der Waals surface area contributed by atoms with E-state index in [1.54, 1.807) is 0 Å². The summed E-state index contributed by atoms with van der Waals surface area (Å²) in [6.45, 7) is 0. The quantitative estimate of drug-likeness (QED) is 0.749. The molecule has 1 aromatic rings. The first-order chi connectivity index (χ1) is 5.74. The van der Waals surface area contributed by atoms with Gasteiger partial charge in [0.25, 0.3) is 0 Å². The summed E-state index contributed by atoms with van der Waals surface area (Å²) in [5.74, 6) is 0.983. The molecular formula is C9H8BrIO. The van der Waals surface area contributed by atoms with Crippen LogP contribution in [0.4, 0.5) is 0 Å². The highest BCUT2D eigenvalue weighted by Gasteiger charge is 2.23. The average molecular weight is 339 g/mol. The maximum absolute atomic E-state index is 5.65. The number of hydrogen-bond donors (Lipinski definition) is 0. The summed E-state index contributed by atoms with van der Waals surface area (Å²) >= 11 is 5.73. The molecule has 0 spiro atoms. The summed E-state index contributed by atoms with van der Waals surface area (Å²) < 4.78 is 7.95. The first kappa shape index (κ1) is 8.81. The third-order valence-corrected chi connectivity index (χ3v) is 2.74. The van der Waals surface area contributed by atoms with Crippen molar-refractivity contribution >= 4 is 38.5 Å². The zero-order valence-corrected chi connectivity index (χ0v) is 10.1. The lowest BCUT2D eigenvalue weighted by Gasteiger charge is -2.04. The molecule has 0 heterocycles. The molecule has 12 heavy (non-hydrogen) atoms. The first-order valence-electron chi connectivity index (χ1n) is 3.87. The van der Waals surface area contributed by atoms with Crippen LogP contribution in [-0.2, 0) is 0 Å². The van der Waals surface area contributed by atoms with Crippen LogP contribution in [0.15, 0.2) is 22.7 Å². The van der Waals surface area contributed by atoms with Crippen molar-refractivity contribution in [3.8, 4) is 5.75 Å². The smallest absolute Gasteiger partial charge is 0.121 e. The van der Waals surface area contributed by atoms with E-state index in [0.29, 0.717) is 6.10 Å². The first-order valence-corrected chi connectivity index (χ1v) is 5.74. The molecule has 0 atom stereocenters. The Labute approximate surface area is 93.8 Å². The van der Waals surface area contributed by atoms with Crippen LogP contribution < -0.4 is 4.74 Å². The summed E-state index contributed by atoms with van der Waals surface area (Å²) in [6, 6.07) is 6.14. The minimum atomic E-state index is 0.482. The van der Waals surface area contributed by atoms with E-state index < -0.39 is 0 Å². The lowest BCUT2D eigenvalue weighted by Crippen LogP contribution is -1.95. The molecule has 0 bridgehead atoms. The number of benzene rings is 1. The molecule has 64 valence electrons. The zero-order chi connectivity index (χ0) is 8.55. The number of halogens is 2. The Hall–Kier alpha value is 0.230. The molecular weight excluding hydrogens is 331 g/mol. The second kappa shape index (κ2) is 3.54. The molecule has 1 aliphatic rings. The van der Waals surface area contributed by atoms with Crippen LogP contribution in [0.5, 0.6) is 5.75 Å². The Morgan fingerprint density at radius 1 is 1.33 bits per heavy atom. The highest BCUT2D eigenvalue weighted by molar-refractivity contribution is 14.1. The number of ether oxygens (including phenoxy) is 1. The Balaban J connectivity index is 2.18. The Bertz CT molecular complexity index is 276. The molecule has 1 saturated carbocycles. The van der Waals surface area contributed by atoms with Crippen molar-refractivity contribution in [2.75, 3.05) is 0 Å². The summed E-state index contributed by atoms with van der Waals surface area (Å²) in [5.41, 5.74) is 0. The Morgan fingerprint density at radius 2 is 2.08 bits per heavy atom. The van der Waals surface area contributed by atoms with Crippen LogP contribution in [-0.4, -0.2) is 6.10 Å². The van der Waals surface area contributed by atoms with Crippen molar-refractivity contribution in [2.45, 2.75) is 18.9 Å². The predicted molar refractivity (Wildman–Crippen MR) is 60.5 cm³/mol. The zero-order valence-electron chi connectivity index (χ0n) is 6.39. The third-order valence-electron chi connectivity index (χ3n) is 1.66. The van der Waals surface area contributed by atoms with E-state index in [1.807, 2.05) is 6.07 Å². The Morgan fingerprint density at radius 3 is 2.67 bits per heavy atom. The number of rotatable bonds is 2. The molecule has 1 aliphatic carbocycles. The van der Waals surface area contributed by atoms with Crippen molar-refractivity contribution in [3.63, 3.8) is 0 Å². The molecule has 0 aromatic heterocycles. The molecule has 2 rings (SSSR count). The van der Waals surface area contributed by atoms with Gasteiger partial charge in [0.1, 0.15) is 5.75 Å². The van der Waals surface area contributed by atoms with Gasteiger partial charge in [-0.25, -0.2) is 0 Å². The minimum Gasteiger partial charge on any atom is -0.490 e. The molecule has 1 aromatic carbocycles. The molecule has 0 N–H and O–H groups in total. The minimum absolute atomic E-state index is 0.482. The molecule has 0 radical (unpaired) electrons. The maximum Gasteiger partial charge on any atom is 0.121 e. The van der Waals surface area contributed by atoms with E-state index in [-0.39, 0.29) is 0 Å². The van der Waals surface area contributed by atoms with Gasteiger partial charge in [-0.3, -0.25) is 0 Å². The van der Waals surface area contributed by atoms with Crippen LogP contribution in [0.3, 0.4) is 0 Å². The van der Waals surface area contributed by atoms with Crippen molar-refractivity contribution in [1.29, 1.82) is 0 Å². The molecule has 0 saturated heterocycles. The van der Waals surface area contributed by atoms with Crippen molar-refractivity contribution in [3.05, 3.63) is 26.2 Å². The fourth-order valence-electron chi connectivity index (χ4n) is 0.975. The second-order valence-electron chi connectivity index (χ2n) is 2.92. The Kier molecular flexibility index (Phi) is 2.60. The second-order valence-corrected chi connectivity index (χ2v) is 5.08. The fourth-order valence-corrected chi connectivity index (χ4v) is 2.52. The third kappa shape index (κ3) is 2.36. The van der Waals surface area contributed by atoms with E-state index in [1.165, 1.54) is 16.4 Å². The van der Waals surface area contributed by atoms with E-state index in [0.717, 1.165) is 10.2 Å². The van der Waals surface area contributed by atoms with Gasteiger partial charge in [0.05, 0.1) is 6.10 Å². The predicted octanol–water partition coefficient (Wildman–Crippen LogP) is 3.59. The summed E-state index contributed by atoms with van der Waals surface area (Å²) in [6.07, 6.45) is 2.90. The molecule has 1 nitrogen and oxygen atoms in total. The van der Waals surface area contributed by atoms with E-state index >= 15 is 0 Å². The normalized spacial score (nSPS) is 16.2. The van der Waals surface area contributed by atoms with Crippen molar-refractivity contribution in [1.82, 2.24) is 0 Å². The highest BCUT2D eigenvalue weighted by Crippen LogP contribution is 2.29. The lowest BCUT2D eigenvalue weighted by molar-refractivity contribution is 0.303. The highest BCUT2D eigenvalue weighted by atomic mass is 127. The lowest BCUT2D eigenvalue weighted by atomic mass is 10.3. The summed E-state index contributed by atoms with van der Waals surface area (Å²) in [4.78, 5) is 0. The fraction of sp³-hybridized carbons (Fsp3) is 0.333. The van der Waals surface area contributed by atoms with Crippen LogP contribution in [0.2, 0.25) is 0 Å². The van der Waals surface area contributed by atoms with E-state index in [2.05, 4.69) is 50.7 Å². The van der Waals surface area contributed by atoms with Gasteiger partial charge in [-0.05, 0) is 53.6 Å².